The summed E-state index contributed by atoms with van der Waals surface area (Å²) in [5, 5.41) is 7.58. The van der Waals surface area contributed by atoms with Gasteiger partial charge in [-0.2, -0.15) is 0 Å². The van der Waals surface area contributed by atoms with E-state index in [0.29, 0.717) is 19.8 Å². The van der Waals surface area contributed by atoms with E-state index < -0.39 is 12.1 Å². The number of carbonyl (C=O) groups excluding carboxylic acids is 2. The van der Waals surface area contributed by atoms with E-state index >= 15 is 0 Å². The second-order valence-electron chi connectivity index (χ2n) is 4.36. The number of carbonyl (C=O) groups is 2. The van der Waals surface area contributed by atoms with E-state index in [0.717, 1.165) is 6.42 Å². The third-order valence-electron chi connectivity index (χ3n) is 3.09. The van der Waals surface area contributed by atoms with Crippen molar-refractivity contribution in [2.45, 2.75) is 25.0 Å². The largest absolute Gasteiger partial charge is 0.378 e. The van der Waals surface area contributed by atoms with Gasteiger partial charge in [0, 0.05) is 33.7 Å². The van der Waals surface area contributed by atoms with Crippen LogP contribution in [-0.2, 0) is 14.3 Å². The topological polar surface area (TPSA) is 88.7 Å². The molecule has 0 saturated carbocycles. The van der Waals surface area contributed by atoms with Gasteiger partial charge in [-0.15, -0.1) is 0 Å². The van der Waals surface area contributed by atoms with Gasteiger partial charge in [0.2, 0.25) is 5.91 Å². The van der Waals surface area contributed by atoms with Crippen LogP contribution in [0.3, 0.4) is 0 Å². The third kappa shape index (κ3) is 3.94. The maximum atomic E-state index is 11.6. The Morgan fingerprint density at radius 3 is 2.72 bits per heavy atom. The minimum atomic E-state index is -0.515. The number of rotatable bonds is 5. The zero-order valence-electron chi connectivity index (χ0n) is 11.0. The summed E-state index contributed by atoms with van der Waals surface area (Å²) < 4.78 is 10.7. The molecular weight excluding hydrogens is 238 g/mol. The summed E-state index contributed by atoms with van der Waals surface area (Å²) in [5.74, 6) is -0.375. The molecule has 0 aromatic rings. The monoisotopic (exact) mass is 259 g/mol. The molecule has 1 fully saturated rings. The Hall–Kier alpha value is -1.18. The summed E-state index contributed by atoms with van der Waals surface area (Å²) in [6, 6.07) is -0.991. The number of hydrogen-bond acceptors (Lipinski definition) is 5. The molecule has 104 valence electrons. The van der Waals surface area contributed by atoms with Crippen molar-refractivity contribution in [2.24, 2.45) is 0 Å². The van der Waals surface area contributed by atoms with Gasteiger partial charge in [0.05, 0.1) is 12.6 Å². The maximum Gasteiger partial charge on any atom is 0.321 e. The maximum absolute atomic E-state index is 11.6. The van der Waals surface area contributed by atoms with E-state index in [1.807, 2.05) is 0 Å². The van der Waals surface area contributed by atoms with Crippen molar-refractivity contribution in [3.63, 3.8) is 0 Å². The molecule has 1 aliphatic heterocycles. The van der Waals surface area contributed by atoms with Crippen LogP contribution in [0.1, 0.15) is 13.3 Å². The van der Waals surface area contributed by atoms with Crippen LogP contribution in [0.4, 0.5) is 4.79 Å². The lowest BCUT2D eigenvalue weighted by Crippen LogP contribution is -2.52. The number of amides is 3. The molecule has 2 unspecified atom stereocenters. The second kappa shape index (κ2) is 6.67. The molecule has 7 nitrogen and oxygen atoms in total. The number of methoxy groups -OCH3 is 1. The van der Waals surface area contributed by atoms with Gasteiger partial charge in [-0.25, -0.2) is 4.79 Å². The zero-order valence-corrected chi connectivity index (χ0v) is 11.0. The normalized spacial score (nSPS) is 24.6. The second-order valence-corrected chi connectivity index (χ2v) is 4.36. The SMILES string of the molecule is CNC(=O)NC(=O)C(C)NCC1(OC)CCOC1. The van der Waals surface area contributed by atoms with Crippen molar-refractivity contribution >= 4 is 11.9 Å². The lowest BCUT2D eigenvalue weighted by Gasteiger charge is -2.27. The van der Waals surface area contributed by atoms with E-state index in [4.69, 9.17) is 9.47 Å². The molecule has 0 radical (unpaired) electrons. The smallest absolute Gasteiger partial charge is 0.321 e. The molecule has 0 aromatic carbocycles. The Bertz CT molecular complexity index is 303. The van der Waals surface area contributed by atoms with Gasteiger partial charge in [-0.05, 0) is 6.92 Å². The number of hydrogen-bond donors (Lipinski definition) is 3. The summed E-state index contributed by atoms with van der Waals surface area (Å²) in [6.45, 7) is 3.37. The van der Waals surface area contributed by atoms with Crippen molar-refractivity contribution in [3.8, 4) is 0 Å². The molecule has 0 spiro atoms. The summed E-state index contributed by atoms with van der Waals surface area (Å²) in [4.78, 5) is 22.6. The van der Waals surface area contributed by atoms with Crippen molar-refractivity contribution < 1.29 is 19.1 Å². The summed E-state index contributed by atoms with van der Waals surface area (Å²) in [6.07, 6.45) is 0.792. The molecule has 0 bridgehead atoms. The molecule has 3 amide bonds. The van der Waals surface area contributed by atoms with Crippen LogP contribution >= 0.6 is 0 Å². The Morgan fingerprint density at radius 1 is 1.50 bits per heavy atom. The molecule has 0 aromatic heterocycles. The van der Waals surface area contributed by atoms with Gasteiger partial charge in [0.15, 0.2) is 0 Å². The number of nitrogens with one attached hydrogen (secondary N) is 3. The molecule has 18 heavy (non-hydrogen) atoms. The highest BCUT2D eigenvalue weighted by molar-refractivity contribution is 5.96. The fourth-order valence-electron chi connectivity index (χ4n) is 1.68. The first-order chi connectivity index (χ1) is 8.53. The van der Waals surface area contributed by atoms with E-state index in [2.05, 4.69) is 16.0 Å². The zero-order chi connectivity index (χ0) is 13.6. The number of imide groups is 1. The summed E-state index contributed by atoms with van der Waals surface area (Å²) >= 11 is 0. The molecule has 1 heterocycles. The summed E-state index contributed by atoms with van der Waals surface area (Å²) in [5.41, 5.74) is -0.373. The lowest BCUT2D eigenvalue weighted by molar-refractivity contribution is -0.122. The molecule has 2 atom stereocenters. The predicted octanol–water partition coefficient (Wildman–Crippen LogP) is -0.774. The van der Waals surface area contributed by atoms with Crippen LogP contribution in [-0.4, -0.2) is 57.5 Å². The van der Waals surface area contributed by atoms with Gasteiger partial charge in [-0.3, -0.25) is 10.1 Å². The predicted molar refractivity (Wildman–Crippen MR) is 65.2 cm³/mol. The van der Waals surface area contributed by atoms with Crippen molar-refractivity contribution in [1.82, 2.24) is 16.0 Å². The Labute approximate surface area is 107 Å². The summed E-state index contributed by atoms with van der Waals surface area (Å²) in [7, 11) is 3.09. The fraction of sp³-hybridized carbons (Fsp3) is 0.818. The molecule has 1 saturated heterocycles. The molecular formula is C11H21N3O4. The van der Waals surface area contributed by atoms with Crippen LogP contribution in [0.15, 0.2) is 0 Å². The number of ether oxygens (including phenoxy) is 2. The molecule has 3 N–H and O–H groups in total. The van der Waals surface area contributed by atoms with Crippen LogP contribution < -0.4 is 16.0 Å². The molecule has 7 heteroatoms. The Kier molecular flexibility index (Phi) is 5.52. The van der Waals surface area contributed by atoms with Gasteiger partial charge in [0.25, 0.3) is 0 Å². The highest BCUT2D eigenvalue weighted by atomic mass is 16.5. The van der Waals surface area contributed by atoms with E-state index in [1.54, 1.807) is 14.0 Å². The molecule has 1 rings (SSSR count). The van der Waals surface area contributed by atoms with Gasteiger partial charge in [0.1, 0.15) is 5.60 Å². The van der Waals surface area contributed by atoms with Gasteiger partial charge >= 0.3 is 6.03 Å². The first-order valence-electron chi connectivity index (χ1n) is 5.92. The van der Waals surface area contributed by atoms with E-state index in [-0.39, 0.29) is 11.5 Å². The van der Waals surface area contributed by atoms with Crippen molar-refractivity contribution in [2.75, 3.05) is 33.9 Å². The van der Waals surface area contributed by atoms with Gasteiger partial charge < -0.3 is 20.1 Å². The van der Waals surface area contributed by atoms with Gasteiger partial charge in [-0.1, -0.05) is 0 Å². The first kappa shape index (κ1) is 14.9. The standard InChI is InChI=1S/C11H21N3O4/c1-8(9(15)14-10(16)12-2)13-6-11(17-3)4-5-18-7-11/h8,13H,4-7H2,1-3H3,(H2,12,14,15,16). The van der Waals surface area contributed by atoms with Crippen LogP contribution in [0, 0.1) is 0 Å². The van der Waals surface area contributed by atoms with Crippen LogP contribution in [0.5, 0.6) is 0 Å². The fourth-order valence-corrected chi connectivity index (χ4v) is 1.68. The van der Waals surface area contributed by atoms with Crippen molar-refractivity contribution in [1.29, 1.82) is 0 Å². The molecule has 0 aliphatic carbocycles. The first-order valence-corrected chi connectivity index (χ1v) is 5.92. The number of urea groups is 1. The molecule has 1 aliphatic rings. The average molecular weight is 259 g/mol. The Morgan fingerprint density at radius 2 is 2.22 bits per heavy atom. The highest BCUT2D eigenvalue weighted by Gasteiger charge is 2.35. The van der Waals surface area contributed by atoms with Crippen LogP contribution in [0.2, 0.25) is 0 Å². The van der Waals surface area contributed by atoms with Crippen molar-refractivity contribution in [3.05, 3.63) is 0 Å². The third-order valence-corrected chi connectivity index (χ3v) is 3.09. The van der Waals surface area contributed by atoms with E-state index in [9.17, 15) is 9.59 Å². The minimum Gasteiger partial charge on any atom is -0.378 e. The Balaban J connectivity index is 2.37. The minimum absolute atomic E-state index is 0.373. The highest BCUT2D eigenvalue weighted by Crippen LogP contribution is 2.21. The van der Waals surface area contributed by atoms with Crippen LogP contribution in [0.25, 0.3) is 0 Å². The van der Waals surface area contributed by atoms with E-state index in [1.165, 1.54) is 7.05 Å². The quantitative estimate of drug-likeness (QED) is 0.603. The lowest BCUT2D eigenvalue weighted by atomic mass is 10.0. The average Bonchev–Trinajstić information content (AvgIpc) is 2.85.